The molecule has 0 unspecified atom stereocenters. The van der Waals surface area contributed by atoms with Gasteiger partial charge in [-0.05, 0) is 68.1 Å². The van der Waals surface area contributed by atoms with E-state index in [-0.39, 0.29) is 11.8 Å². The third-order valence-electron chi connectivity index (χ3n) is 4.64. The Kier molecular flexibility index (Phi) is 5.97. The van der Waals surface area contributed by atoms with Gasteiger partial charge in [0, 0.05) is 31.3 Å². The van der Waals surface area contributed by atoms with Gasteiger partial charge in [-0.1, -0.05) is 18.2 Å². The SMILES string of the molecule is CC(=O)N(CCNC(=O)c1ccc(C)c(C)c1)c1cccc(C)c1C. The van der Waals surface area contributed by atoms with Gasteiger partial charge in [0.2, 0.25) is 5.91 Å². The molecule has 0 saturated heterocycles. The molecule has 2 amide bonds. The van der Waals surface area contributed by atoms with Crippen LogP contribution in [0.15, 0.2) is 36.4 Å². The zero-order chi connectivity index (χ0) is 18.6. The van der Waals surface area contributed by atoms with E-state index in [1.54, 1.807) is 11.8 Å². The Hall–Kier alpha value is -2.62. The molecule has 0 bridgehead atoms. The molecule has 25 heavy (non-hydrogen) atoms. The number of nitrogens with one attached hydrogen (secondary N) is 1. The van der Waals surface area contributed by atoms with Crippen LogP contribution in [-0.2, 0) is 4.79 Å². The molecule has 0 radical (unpaired) electrons. The fourth-order valence-corrected chi connectivity index (χ4v) is 2.74. The molecule has 0 saturated carbocycles. The number of benzene rings is 2. The monoisotopic (exact) mass is 338 g/mol. The molecule has 2 rings (SSSR count). The highest BCUT2D eigenvalue weighted by Gasteiger charge is 2.15. The molecule has 4 heteroatoms. The van der Waals surface area contributed by atoms with Gasteiger partial charge in [-0.25, -0.2) is 0 Å². The quantitative estimate of drug-likeness (QED) is 0.903. The maximum atomic E-state index is 12.3. The van der Waals surface area contributed by atoms with Crippen molar-refractivity contribution in [2.45, 2.75) is 34.6 Å². The van der Waals surface area contributed by atoms with Crippen LogP contribution < -0.4 is 10.2 Å². The van der Waals surface area contributed by atoms with E-state index in [9.17, 15) is 9.59 Å². The van der Waals surface area contributed by atoms with E-state index in [1.165, 1.54) is 0 Å². The van der Waals surface area contributed by atoms with Crippen LogP contribution in [0.2, 0.25) is 0 Å². The lowest BCUT2D eigenvalue weighted by atomic mass is 10.1. The summed E-state index contributed by atoms with van der Waals surface area (Å²) in [6.07, 6.45) is 0. The van der Waals surface area contributed by atoms with Gasteiger partial charge in [-0.15, -0.1) is 0 Å². The number of nitrogens with zero attached hydrogens (tertiary/aromatic N) is 1. The van der Waals surface area contributed by atoms with Gasteiger partial charge < -0.3 is 10.2 Å². The van der Waals surface area contributed by atoms with Crippen molar-refractivity contribution in [3.05, 3.63) is 64.2 Å². The first-order valence-electron chi connectivity index (χ1n) is 8.51. The van der Waals surface area contributed by atoms with E-state index < -0.39 is 0 Å². The first-order chi connectivity index (χ1) is 11.8. The van der Waals surface area contributed by atoms with Gasteiger partial charge in [0.25, 0.3) is 5.91 Å². The van der Waals surface area contributed by atoms with Crippen LogP contribution in [0.1, 0.15) is 39.5 Å². The summed E-state index contributed by atoms with van der Waals surface area (Å²) in [5.41, 5.74) is 6.01. The molecule has 0 aliphatic carbocycles. The number of anilines is 1. The number of hydrogen-bond acceptors (Lipinski definition) is 2. The topological polar surface area (TPSA) is 49.4 Å². The van der Waals surface area contributed by atoms with E-state index in [0.29, 0.717) is 18.7 Å². The number of carbonyl (C=O) groups is 2. The summed E-state index contributed by atoms with van der Waals surface area (Å²) in [6.45, 7) is 10.4. The Bertz CT molecular complexity index is 796. The third kappa shape index (κ3) is 4.47. The van der Waals surface area contributed by atoms with Crippen molar-refractivity contribution in [2.75, 3.05) is 18.0 Å². The van der Waals surface area contributed by atoms with Gasteiger partial charge >= 0.3 is 0 Å². The van der Waals surface area contributed by atoms with E-state index in [1.807, 2.05) is 64.1 Å². The molecular formula is C21H26N2O2. The number of amides is 2. The maximum Gasteiger partial charge on any atom is 0.251 e. The van der Waals surface area contributed by atoms with Crippen molar-refractivity contribution < 1.29 is 9.59 Å². The second-order valence-corrected chi connectivity index (χ2v) is 6.44. The molecule has 0 aliphatic rings. The number of hydrogen-bond donors (Lipinski definition) is 1. The van der Waals surface area contributed by atoms with Crippen molar-refractivity contribution in [2.24, 2.45) is 0 Å². The second kappa shape index (κ2) is 7.97. The fourth-order valence-electron chi connectivity index (χ4n) is 2.74. The van der Waals surface area contributed by atoms with Gasteiger partial charge in [-0.2, -0.15) is 0 Å². The van der Waals surface area contributed by atoms with Crippen molar-refractivity contribution in [3.8, 4) is 0 Å². The molecule has 0 spiro atoms. The predicted octanol–water partition coefficient (Wildman–Crippen LogP) is 3.70. The highest BCUT2D eigenvalue weighted by atomic mass is 16.2. The van der Waals surface area contributed by atoms with Crippen LogP contribution in [0.4, 0.5) is 5.69 Å². The normalized spacial score (nSPS) is 10.4. The lowest BCUT2D eigenvalue weighted by Gasteiger charge is -2.24. The van der Waals surface area contributed by atoms with Crippen molar-refractivity contribution in [1.29, 1.82) is 0 Å². The minimum Gasteiger partial charge on any atom is -0.350 e. The van der Waals surface area contributed by atoms with Crippen LogP contribution in [0.25, 0.3) is 0 Å². The largest absolute Gasteiger partial charge is 0.350 e. The Morgan fingerprint density at radius 2 is 1.68 bits per heavy atom. The van der Waals surface area contributed by atoms with Crippen LogP contribution >= 0.6 is 0 Å². The van der Waals surface area contributed by atoms with E-state index in [2.05, 4.69) is 5.32 Å². The van der Waals surface area contributed by atoms with E-state index in [4.69, 9.17) is 0 Å². The van der Waals surface area contributed by atoms with Gasteiger partial charge in [0.05, 0.1) is 0 Å². The summed E-state index contributed by atoms with van der Waals surface area (Å²) in [6, 6.07) is 11.6. The minimum atomic E-state index is -0.118. The van der Waals surface area contributed by atoms with Gasteiger partial charge in [-0.3, -0.25) is 9.59 Å². The first-order valence-corrected chi connectivity index (χ1v) is 8.51. The average Bonchev–Trinajstić information content (AvgIpc) is 2.56. The Morgan fingerprint density at radius 3 is 2.32 bits per heavy atom. The van der Waals surface area contributed by atoms with Crippen LogP contribution in [0.3, 0.4) is 0 Å². The molecule has 0 fully saturated rings. The lowest BCUT2D eigenvalue weighted by molar-refractivity contribution is -0.116. The van der Waals surface area contributed by atoms with Crippen LogP contribution in [-0.4, -0.2) is 24.9 Å². The molecule has 4 nitrogen and oxygen atoms in total. The van der Waals surface area contributed by atoms with Crippen molar-refractivity contribution >= 4 is 17.5 Å². The molecule has 2 aromatic carbocycles. The Morgan fingerprint density at radius 1 is 0.960 bits per heavy atom. The highest BCUT2D eigenvalue weighted by Crippen LogP contribution is 2.22. The maximum absolute atomic E-state index is 12.3. The summed E-state index contributed by atoms with van der Waals surface area (Å²) >= 11 is 0. The number of carbonyl (C=O) groups excluding carboxylic acids is 2. The molecule has 1 N–H and O–H groups in total. The predicted molar refractivity (Wildman–Crippen MR) is 102 cm³/mol. The molecule has 0 aliphatic heterocycles. The van der Waals surface area contributed by atoms with Crippen molar-refractivity contribution in [1.82, 2.24) is 5.32 Å². The van der Waals surface area contributed by atoms with Crippen LogP contribution in [0.5, 0.6) is 0 Å². The summed E-state index contributed by atoms with van der Waals surface area (Å²) in [5, 5.41) is 2.90. The second-order valence-electron chi connectivity index (χ2n) is 6.44. The molecule has 0 atom stereocenters. The summed E-state index contributed by atoms with van der Waals surface area (Å²) in [7, 11) is 0. The van der Waals surface area contributed by atoms with Gasteiger partial charge in [0.15, 0.2) is 0 Å². The van der Waals surface area contributed by atoms with E-state index in [0.717, 1.165) is 27.9 Å². The molecule has 0 aromatic heterocycles. The third-order valence-corrected chi connectivity index (χ3v) is 4.64. The van der Waals surface area contributed by atoms with Crippen molar-refractivity contribution in [3.63, 3.8) is 0 Å². The zero-order valence-corrected chi connectivity index (χ0v) is 15.6. The lowest BCUT2D eigenvalue weighted by Crippen LogP contribution is -2.38. The molecule has 0 heterocycles. The standard InChI is InChI=1S/C21H26N2O2/c1-14-9-10-19(13-16(14)3)21(25)22-11-12-23(18(5)24)20-8-6-7-15(2)17(20)4/h6-10,13H,11-12H2,1-5H3,(H,22,25). The number of rotatable bonds is 5. The average molecular weight is 338 g/mol. The molecule has 132 valence electrons. The first kappa shape index (κ1) is 18.7. The number of aryl methyl sites for hydroxylation is 3. The molecule has 2 aromatic rings. The minimum absolute atomic E-state index is 0.0332. The summed E-state index contributed by atoms with van der Waals surface area (Å²) in [5.74, 6) is -0.151. The van der Waals surface area contributed by atoms with Gasteiger partial charge in [0.1, 0.15) is 0 Å². The Labute approximate surface area is 149 Å². The van der Waals surface area contributed by atoms with Crippen LogP contribution in [0, 0.1) is 27.7 Å². The van der Waals surface area contributed by atoms with E-state index >= 15 is 0 Å². The Balaban J connectivity index is 2.04. The zero-order valence-electron chi connectivity index (χ0n) is 15.6. The summed E-state index contributed by atoms with van der Waals surface area (Å²) < 4.78 is 0. The highest BCUT2D eigenvalue weighted by molar-refractivity contribution is 5.95. The molecular weight excluding hydrogens is 312 g/mol. The fraction of sp³-hybridized carbons (Fsp3) is 0.333. The smallest absolute Gasteiger partial charge is 0.251 e. The summed E-state index contributed by atoms with van der Waals surface area (Å²) in [4.78, 5) is 26.1.